The Labute approximate surface area is 171 Å². The number of nitrogens with one attached hydrogen (secondary N) is 1. The molecule has 1 fully saturated rings. The van der Waals surface area contributed by atoms with Crippen LogP contribution in [-0.2, 0) is 16.1 Å². The van der Waals surface area contributed by atoms with Gasteiger partial charge in [0.25, 0.3) is 0 Å². The molecule has 29 heavy (non-hydrogen) atoms. The number of carbonyl (C=O) groups excluding carboxylic acids is 2. The van der Waals surface area contributed by atoms with Crippen molar-refractivity contribution in [2.24, 2.45) is 0 Å². The summed E-state index contributed by atoms with van der Waals surface area (Å²) in [5, 5.41) is 2.82. The molecule has 0 saturated carbocycles. The van der Waals surface area contributed by atoms with Gasteiger partial charge in [0.1, 0.15) is 12.2 Å². The molecule has 0 radical (unpaired) electrons. The molecule has 6 heteroatoms. The third-order valence-electron chi connectivity index (χ3n) is 4.65. The number of anilines is 1. The van der Waals surface area contributed by atoms with Crippen LogP contribution in [0.25, 0.3) is 0 Å². The van der Waals surface area contributed by atoms with E-state index in [1.165, 1.54) is 0 Å². The van der Waals surface area contributed by atoms with Gasteiger partial charge in [-0.2, -0.15) is 0 Å². The van der Waals surface area contributed by atoms with E-state index in [0.717, 1.165) is 24.0 Å². The Morgan fingerprint density at radius 1 is 1.07 bits per heavy atom. The zero-order chi connectivity index (χ0) is 20.9. The lowest BCUT2D eigenvalue weighted by atomic mass is 10.0. The lowest BCUT2D eigenvalue weighted by Crippen LogP contribution is -2.32. The third-order valence-corrected chi connectivity index (χ3v) is 4.65. The predicted octanol–water partition coefficient (Wildman–Crippen LogP) is 5.51. The van der Waals surface area contributed by atoms with Crippen molar-refractivity contribution >= 4 is 17.9 Å². The van der Waals surface area contributed by atoms with Crippen LogP contribution >= 0.6 is 0 Å². The van der Waals surface area contributed by atoms with E-state index >= 15 is 0 Å². The molecule has 2 aromatic carbocycles. The second-order valence-corrected chi connectivity index (χ2v) is 8.11. The Hall–Kier alpha value is -3.02. The minimum absolute atomic E-state index is 0.149. The maximum Gasteiger partial charge on any atom is 0.412 e. The summed E-state index contributed by atoms with van der Waals surface area (Å²) in [6, 6.07) is 17.0. The third kappa shape index (κ3) is 5.73. The number of rotatable bonds is 4. The smallest absolute Gasteiger partial charge is 0.412 e. The first-order chi connectivity index (χ1) is 13.8. The summed E-state index contributed by atoms with van der Waals surface area (Å²) in [5.41, 5.74) is 1.89. The maximum atomic E-state index is 12.7. The van der Waals surface area contributed by atoms with Crippen molar-refractivity contribution in [3.63, 3.8) is 0 Å². The maximum absolute atomic E-state index is 12.7. The van der Waals surface area contributed by atoms with Crippen molar-refractivity contribution in [1.82, 2.24) is 4.90 Å². The Balaban J connectivity index is 1.70. The number of hydrogen-bond donors (Lipinski definition) is 1. The first kappa shape index (κ1) is 20.7. The summed E-state index contributed by atoms with van der Waals surface area (Å²) in [4.78, 5) is 26.7. The molecule has 2 amide bonds. The topological polar surface area (TPSA) is 67.9 Å². The van der Waals surface area contributed by atoms with E-state index in [-0.39, 0.29) is 18.7 Å². The molecule has 1 aliphatic rings. The number of likely N-dealkylation sites (tertiary alicyclic amines) is 1. The van der Waals surface area contributed by atoms with Crippen molar-refractivity contribution < 1.29 is 19.1 Å². The highest BCUT2D eigenvalue weighted by Crippen LogP contribution is 2.36. The zero-order valence-corrected chi connectivity index (χ0v) is 17.2. The lowest BCUT2D eigenvalue weighted by Gasteiger charge is -2.26. The van der Waals surface area contributed by atoms with Gasteiger partial charge in [0.05, 0.1) is 6.04 Å². The van der Waals surface area contributed by atoms with Gasteiger partial charge in [0.15, 0.2) is 0 Å². The SMILES string of the molecule is CC(C)(C)OC(=O)Nc1ccccc1[C@@H]1CCCN1C(=O)OCc1ccccc1. The van der Waals surface area contributed by atoms with Crippen molar-refractivity contribution in [2.75, 3.05) is 11.9 Å². The van der Waals surface area contributed by atoms with Crippen molar-refractivity contribution in [1.29, 1.82) is 0 Å². The van der Waals surface area contributed by atoms with Crippen LogP contribution in [0.1, 0.15) is 50.8 Å². The van der Waals surface area contributed by atoms with Crippen molar-refractivity contribution in [3.05, 3.63) is 65.7 Å². The van der Waals surface area contributed by atoms with Crippen LogP contribution < -0.4 is 5.32 Å². The normalized spacial score (nSPS) is 16.4. The number of ether oxygens (including phenoxy) is 2. The van der Waals surface area contributed by atoms with Crippen LogP contribution in [0.4, 0.5) is 15.3 Å². The summed E-state index contributed by atoms with van der Waals surface area (Å²) in [6.07, 6.45) is 0.837. The van der Waals surface area contributed by atoms with E-state index < -0.39 is 11.7 Å². The van der Waals surface area contributed by atoms with Gasteiger partial charge in [-0.05, 0) is 50.8 Å². The van der Waals surface area contributed by atoms with Crippen LogP contribution in [0.15, 0.2) is 54.6 Å². The van der Waals surface area contributed by atoms with E-state index in [4.69, 9.17) is 9.47 Å². The fraction of sp³-hybridized carbons (Fsp3) is 0.391. The second-order valence-electron chi connectivity index (χ2n) is 8.11. The molecule has 154 valence electrons. The van der Waals surface area contributed by atoms with E-state index in [2.05, 4.69) is 5.32 Å². The molecule has 0 spiro atoms. The second kappa shape index (κ2) is 8.99. The van der Waals surface area contributed by atoms with E-state index in [1.807, 2.05) is 75.4 Å². The average Bonchev–Trinajstić information content (AvgIpc) is 3.15. The molecular formula is C23H28N2O4. The van der Waals surface area contributed by atoms with E-state index in [1.54, 1.807) is 4.90 Å². The van der Waals surface area contributed by atoms with Crippen LogP contribution in [0.5, 0.6) is 0 Å². The first-order valence-corrected chi connectivity index (χ1v) is 9.90. The van der Waals surface area contributed by atoms with Gasteiger partial charge in [0, 0.05) is 12.2 Å². The summed E-state index contributed by atoms with van der Waals surface area (Å²) < 4.78 is 10.9. The molecule has 0 aromatic heterocycles. The molecular weight excluding hydrogens is 368 g/mol. The monoisotopic (exact) mass is 396 g/mol. The molecule has 0 bridgehead atoms. The van der Waals surface area contributed by atoms with Gasteiger partial charge < -0.3 is 14.4 Å². The number of carbonyl (C=O) groups is 2. The molecule has 2 aromatic rings. The molecule has 1 heterocycles. The number of amides is 2. The molecule has 0 unspecified atom stereocenters. The fourth-order valence-electron chi connectivity index (χ4n) is 3.43. The number of hydrogen-bond acceptors (Lipinski definition) is 4. The summed E-state index contributed by atoms with van der Waals surface area (Å²) in [7, 11) is 0. The highest BCUT2D eigenvalue weighted by atomic mass is 16.6. The Kier molecular flexibility index (Phi) is 6.42. The van der Waals surface area contributed by atoms with Crippen LogP contribution in [0.3, 0.4) is 0 Å². The molecule has 1 saturated heterocycles. The molecule has 0 aliphatic carbocycles. The summed E-state index contributed by atoms with van der Waals surface area (Å²) >= 11 is 0. The first-order valence-electron chi connectivity index (χ1n) is 9.90. The Morgan fingerprint density at radius 2 is 1.76 bits per heavy atom. The molecule has 6 nitrogen and oxygen atoms in total. The molecule has 3 rings (SSSR count). The van der Waals surface area contributed by atoms with Gasteiger partial charge in [-0.15, -0.1) is 0 Å². The van der Waals surface area contributed by atoms with Crippen molar-refractivity contribution in [2.45, 2.75) is 51.9 Å². The van der Waals surface area contributed by atoms with Crippen LogP contribution in [0, 0.1) is 0 Å². The Bertz CT molecular complexity index is 845. The number of benzene rings is 2. The largest absolute Gasteiger partial charge is 0.445 e. The standard InChI is InChI=1S/C23H28N2O4/c1-23(2,3)29-21(26)24-19-13-8-7-12-18(19)20-14-9-15-25(20)22(27)28-16-17-10-5-4-6-11-17/h4-8,10-13,20H,9,14-16H2,1-3H3,(H,24,26)/t20-/m0/s1. The van der Waals surface area contributed by atoms with Gasteiger partial charge in [-0.25, -0.2) is 9.59 Å². The van der Waals surface area contributed by atoms with Gasteiger partial charge in [-0.1, -0.05) is 48.5 Å². The van der Waals surface area contributed by atoms with E-state index in [9.17, 15) is 9.59 Å². The molecule has 1 N–H and O–H groups in total. The average molecular weight is 396 g/mol. The minimum atomic E-state index is -0.584. The van der Waals surface area contributed by atoms with Crippen LogP contribution in [-0.4, -0.2) is 29.2 Å². The minimum Gasteiger partial charge on any atom is -0.445 e. The molecule has 1 aliphatic heterocycles. The highest BCUT2D eigenvalue weighted by Gasteiger charge is 2.33. The zero-order valence-electron chi connectivity index (χ0n) is 17.2. The predicted molar refractivity (Wildman–Crippen MR) is 112 cm³/mol. The van der Waals surface area contributed by atoms with Gasteiger partial charge in [0.2, 0.25) is 0 Å². The Morgan fingerprint density at radius 3 is 2.48 bits per heavy atom. The highest BCUT2D eigenvalue weighted by molar-refractivity contribution is 5.86. The van der Waals surface area contributed by atoms with Crippen LogP contribution in [0.2, 0.25) is 0 Å². The lowest BCUT2D eigenvalue weighted by molar-refractivity contribution is 0.0635. The van der Waals surface area contributed by atoms with Gasteiger partial charge >= 0.3 is 12.2 Å². The summed E-state index contributed by atoms with van der Waals surface area (Å²) in [5.74, 6) is 0. The fourth-order valence-corrected chi connectivity index (χ4v) is 3.43. The summed E-state index contributed by atoms with van der Waals surface area (Å²) in [6.45, 7) is 6.32. The van der Waals surface area contributed by atoms with E-state index in [0.29, 0.717) is 12.2 Å². The van der Waals surface area contributed by atoms with Crippen molar-refractivity contribution in [3.8, 4) is 0 Å². The van der Waals surface area contributed by atoms with Gasteiger partial charge in [-0.3, -0.25) is 5.32 Å². The number of para-hydroxylation sites is 1. The number of nitrogens with zero attached hydrogens (tertiary/aromatic N) is 1. The quantitative estimate of drug-likeness (QED) is 0.740. The molecule has 1 atom stereocenters.